The van der Waals surface area contributed by atoms with Crippen LogP contribution in [0, 0.1) is 0 Å². The SMILES string of the molecule is CCOC(=O)c1ccc(OCCCS(=O)(=O)c2ccc(C(=O)Nc3ccc(Cl)c(-c4ccccn4)c3)c(Cl)c2)cc1. The van der Waals surface area contributed by atoms with Gasteiger partial charge in [-0.3, -0.25) is 9.78 Å². The zero-order valence-corrected chi connectivity index (χ0v) is 24.3. The number of carbonyl (C=O) groups excluding carboxylic acids is 2. The summed E-state index contributed by atoms with van der Waals surface area (Å²) in [6.45, 7) is 2.16. The average Bonchev–Trinajstić information content (AvgIpc) is 2.97. The van der Waals surface area contributed by atoms with Crippen LogP contribution in [0.5, 0.6) is 5.75 Å². The second kappa shape index (κ2) is 13.6. The molecule has 0 saturated heterocycles. The number of nitrogens with one attached hydrogen (secondary N) is 1. The first kappa shape index (κ1) is 30.0. The number of rotatable bonds is 11. The van der Waals surface area contributed by atoms with Crippen LogP contribution in [-0.2, 0) is 14.6 Å². The fourth-order valence-electron chi connectivity index (χ4n) is 3.85. The minimum absolute atomic E-state index is 0.000396. The third-order valence-electron chi connectivity index (χ3n) is 5.90. The molecule has 8 nitrogen and oxygen atoms in total. The molecule has 1 heterocycles. The van der Waals surface area contributed by atoms with Crippen molar-refractivity contribution in [1.29, 1.82) is 0 Å². The molecule has 4 rings (SSSR count). The van der Waals surface area contributed by atoms with E-state index in [1.807, 2.05) is 6.07 Å². The summed E-state index contributed by atoms with van der Waals surface area (Å²) in [4.78, 5) is 29.0. The summed E-state index contributed by atoms with van der Waals surface area (Å²) in [5.41, 5.74) is 2.30. The summed E-state index contributed by atoms with van der Waals surface area (Å²) in [7, 11) is -3.68. The lowest BCUT2D eigenvalue weighted by Gasteiger charge is -2.11. The number of esters is 1. The number of ether oxygens (including phenoxy) is 2. The Labute approximate surface area is 248 Å². The van der Waals surface area contributed by atoms with Gasteiger partial charge in [0.1, 0.15) is 5.75 Å². The van der Waals surface area contributed by atoms with E-state index in [1.54, 1.807) is 67.7 Å². The van der Waals surface area contributed by atoms with Crippen LogP contribution >= 0.6 is 23.2 Å². The number of sulfone groups is 1. The van der Waals surface area contributed by atoms with Gasteiger partial charge in [0.05, 0.1) is 50.7 Å². The van der Waals surface area contributed by atoms with E-state index in [0.29, 0.717) is 33.3 Å². The molecule has 0 aliphatic carbocycles. The third kappa shape index (κ3) is 7.85. The lowest BCUT2D eigenvalue weighted by molar-refractivity contribution is 0.0526. The lowest BCUT2D eigenvalue weighted by atomic mass is 10.1. The molecule has 1 aromatic heterocycles. The van der Waals surface area contributed by atoms with Crippen molar-refractivity contribution in [2.75, 3.05) is 24.3 Å². The van der Waals surface area contributed by atoms with E-state index >= 15 is 0 Å². The summed E-state index contributed by atoms with van der Waals surface area (Å²) in [6, 6.07) is 20.8. The van der Waals surface area contributed by atoms with Gasteiger partial charge in [-0.15, -0.1) is 0 Å². The molecule has 0 unspecified atom stereocenters. The highest BCUT2D eigenvalue weighted by molar-refractivity contribution is 7.91. The molecular weight excluding hydrogens is 587 g/mol. The molecule has 0 atom stereocenters. The minimum atomic E-state index is -3.68. The summed E-state index contributed by atoms with van der Waals surface area (Å²) in [5.74, 6) is -0.610. The van der Waals surface area contributed by atoms with Crippen LogP contribution in [0.4, 0.5) is 5.69 Å². The first-order chi connectivity index (χ1) is 19.7. The highest BCUT2D eigenvalue weighted by Crippen LogP contribution is 2.30. The number of halogens is 2. The second-order valence-corrected chi connectivity index (χ2v) is 11.7. The molecule has 0 fully saturated rings. The van der Waals surface area contributed by atoms with E-state index in [9.17, 15) is 18.0 Å². The topological polar surface area (TPSA) is 112 Å². The van der Waals surface area contributed by atoms with E-state index in [2.05, 4.69) is 10.3 Å². The van der Waals surface area contributed by atoms with Crippen LogP contribution in [0.2, 0.25) is 10.0 Å². The van der Waals surface area contributed by atoms with Gasteiger partial charge < -0.3 is 14.8 Å². The maximum atomic E-state index is 12.9. The monoisotopic (exact) mass is 612 g/mol. The van der Waals surface area contributed by atoms with Crippen molar-refractivity contribution < 1.29 is 27.5 Å². The largest absolute Gasteiger partial charge is 0.494 e. The summed E-state index contributed by atoms with van der Waals surface area (Å²) in [5, 5.41) is 3.25. The van der Waals surface area contributed by atoms with Crippen molar-refractivity contribution >= 4 is 50.6 Å². The first-order valence-electron chi connectivity index (χ1n) is 12.6. The van der Waals surface area contributed by atoms with E-state index in [1.165, 1.54) is 18.2 Å². The van der Waals surface area contributed by atoms with Gasteiger partial charge in [-0.1, -0.05) is 29.3 Å². The number of pyridine rings is 1. The number of nitrogens with zero attached hydrogens (tertiary/aromatic N) is 1. The van der Waals surface area contributed by atoms with Gasteiger partial charge in [0.2, 0.25) is 0 Å². The predicted molar refractivity (Wildman–Crippen MR) is 159 cm³/mol. The molecular formula is C30H26Cl2N2O6S. The quantitative estimate of drug-likeness (QED) is 0.148. The molecule has 4 aromatic rings. The van der Waals surface area contributed by atoms with Crippen LogP contribution in [0.3, 0.4) is 0 Å². The Morgan fingerprint density at radius 3 is 2.39 bits per heavy atom. The Balaban J connectivity index is 1.35. The second-order valence-electron chi connectivity index (χ2n) is 8.77. The first-order valence-corrected chi connectivity index (χ1v) is 15.0. The van der Waals surface area contributed by atoms with Crippen LogP contribution in [-0.4, -0.2) is 44.2 Å². The number of aromatic nitrogens is 1. The number of benzene rings is 3. The van der Waals surface area contributed by atoms with Gasteiger partial charge in [0, 0.05) is 17.4 Å². The Morgan fingerprint density at radius 2 is 1.71 bits per heavy atom. The number of anilines is 1. The zero-order chi connectivity index (χ0) is 29.4. The molecule has 1 amide bonds. The van der Waals surface area contributed by atoms with Crippen molar-refractivity contribution in [1.82, 2.24) is 4.98 Å². The predicted octanol–water partition coefficient (Wildman–Crippen LogP) is 6.73. The molecule has 0 saturated carbocycles. The van der Waals surface area contributed by atoms with E-state index in [4.69, 9.17) is 32.7 Å². The summed E-state index contributed by atoms with van der Waals surface area (Å²) in [6.07, 6.45) is 1.86. The summed E-state index contributed by atoms with van der Waals surface area (Å²) < 4.78 is 36.3. The Morgan fingerprint density at radius 1 is 0.927 bits per heavy atom. The van der Waals surface area contributed by atoms with Gasteiger partial charge in [-0.25, -0.2) is 13.2 Å². The smallest absolute Gasteiger partial charge is 0.338 e. The normalized spacial score (nSPS) is 11.1. The van der Waals surface area contributed by atoms with Gasteiger partial charge in [-0.05, 0) is 86.1 Å². The Hall–Kier alpha value is -3.92. The Bertz CT molecular complexity index is 1650. The van der Waals surface area contributed by atoms with Crippen LogP contribution in [0.25, 0.3) is 11.3 Å². The number of hydrogen-bond donors (Lipinski definition) is 1. The van der Waals surface area contributed by atoms with Crippen LogP contribution < -0.4 is 10.1 Å². The molecule has 41 heavy (non-hydrogen) atoms. The van der Waals surface area contributed by atoms with E-state index in [-0.39, 0.29) is 40.9 Å². The van der Waals surface area contributed by atoms with Gasteiger partial charge in [0.15, 0.2) is 9.84 Å². The fraction of sp³-hybridized carbons (Fsp3) is 0.167. The molecule has 0 bridgehead atoms. The summed E-state index contributed by atoms with van der Waals surface area (Å²) >= 11 is 12.6. The molecule has 0 radical (unpaired) electrons. The van der Waals surface area contributed by atoms with Gasteiger partial charge in [0.25, 0.3) is 5.91 Å². The zero-order valence-electron chi connectivity index (χ0n) is 22.0. The number of hydrogen-bond acceptors (Lipinski definition) is 7. The molecule has 11 heteroatoms. The van der Waals surface area contributed by atoms with Crippen molar-refractivity contribution in [3.63, 3.8) is 0 Å². The van der Waals surface area contributed by atoms with Crippen LogP contribution in [0.1, 0.15) is 34.1 Å². The number of carbonyl (C=O) groups is 2. The minimum Gasteiger partial charge on any atom is -0.494 e. The standard InChI is InChI=1S/C30H26Cl2N2O6S/c1-2-39-30(36)20-7-10-22(11-8-20)40-16-5-17-41(37,38)23-12-13-24(27(32)19-23)29(35)34-21-9-14-26(31)25(18-21)28-6-3-4-15-33-28/h3-4,6-15,18-19H,2,5,16-17H2,1H3,(H,34,35). The van der Waals surface area contributed by atoms with Crippen molar-refractivity contribution in [3.8, 4) is 17.0 Å². The lowest BCUT2D eigenvalue weighted by Crippen LogP contribution is -2.14. The van der Waals surface area contributed by atoms with Crippen molar-refractivity contribution in [2.45, 2.75) is 18.2 Å². The molecule has 0 aliphatic rings. The molecule has 0 spiro atoms. The molecule has 3 aromatic carbocycles. The maximum absolute atomic E-state index is 12.9. The van der Waals surface area contributed by atoms with Gasteiger partial charge >= 0.3 is 5.97 Å². The molecule has 1 N–H and O–H groups in total. The van der Waals surface area contributed by atoms with Crippen LogP contribution in [0.15, 0.2) is 90.0 Å². The fourth-order valence-corrected chi connectivity index (χ4v) is 5.70. The number of amides is 1. The average molecular weight is 614 g/mol. The highest BCUT2D eigenvalue weighted by Gasteiger charge is 2.19. The van der Waals surface area contributed by atoms with E-state index in [0.717, 1.165) is 0 Å². The van der Waals surface area contributed by atoms with Gasteiger partial charge in [-0.2, -0.15) is 0 Å². The Kier molecular flexibility index (Phi) is 9.99. The van der Waals surface area contributed by atoms with Crippen molar-refractivity contribution in [2.24, 2.45) is 0 Å². The molecule has 212 valence electrons. The highest BCUT2D eigenvalue weighted by atomic mass is 35.5. The molecule has 0 aliphatic heterocycles. The van der Waals surface area contributed by atoms with Crippen molar-refractivity contribution in [3.05, 3.63) is 106 Å². The maximum Gasteiger partial charge on any atom is 0.338 e. The third-order valence-corrected chi connectivity index (χ3v) is 8.34. The van der Waals surface area contributed by atoms with E-state index < -0.39 is 21.7 Å².